The van der Waals surface area contributed by atoms with Gasteiger partial charge in [0, 0.05) is 17.9 Å². The molecule has 4 rings (SSSR count). The normalized spacial score (nSPS) is 19.8. The van der Waals surface area contributed by atoms with Gasteiger partial charge in [-0.25, -0.2) is 9.18 Å². The number of halogens is 1. The Labute approximate surface area is 155 Å². The van der Waals surface area contributed by atoms with E-state index in [1.165, 1.54) is 12.1 Å². The highest BCUT2D eigenvalue weighted by atomic mass is 19.1. The third kappa shape index (κ3) is 3.05. The van der Waals surface area contributed by atoms with Crippen molar-refractivity contribution in [2.75, 3.05) is 0 Å². The van der Waals surface area contributed by atoms with Crippen LogP contribution in [0.5, 0.6) is 0 Å². The van der Waals surface area contributed by atoms with Crippen LogP contribution >= 0.6 is 0 Å². The van der Waals surface area contributed by atoms with Crippen molar-refractivity contribution in [3.63, 3.8) is 0 Å². The summed E-state index contributed by atoms with van der Waals surface area (Å²) in [7, 11) is 0. The van der Waals surface area contributed by atoms with E-state index in [1.807, 2.05) is 0 Å². The van der Waals surface area contributed by atoms with Crippen molar-refractivity contribution in [1.82, 2.24) is 14.8 Å². The minimum Gasteiger partial charge on any atom is -0.314 e. The average molecular weight is 367 g/mol. The minimum absolute atomic E-state index is 0.127. The molecule has 4 amide bonds. The molecule has 2 fully saturated rings. The lowest BCUT2D eigenvalue weighted by atomic mass is 10.1. The van der Waals surface area contributed by atoms with Gasteiger partial charge in [-0.05, 0) is 43.2 Å². The van der Waals surface area contributed by atoms with Crippen LogP contribution in [-0.2, 0) is 9.59 Å². The largest absolute Gasteiger partial charge is 0.331 e. The highest BCUT2D eigenvalue weighted by molar-refractivity contribution is 6.31. The molecule has 1 saturated carbocycles. The summed E-state index contributed by atoms with van der Waals surface area (Å²) in [6, 6.07) is 8.75. The molecule has 0 radical (unpaired) electrons. The quantitative estimate of drug-likeness (QED) is 0.670. The topological polar surface area (TPSA) is 71.4 Å². The number of carbonyl (C=O) groups excluding carboxylic acids is 3. The maximum Gasteiger partial charge on any atom is 0.331 e. The number of barbiturate groups is 1. The molecule has 1 aromatic carbocycles. The lowest BCUT2D eigenvalue weighted by molar-refractivity contribution is -0.131. The van der Waals surface area contributed by atoms with Gasteiger partial charge in [-0.15, -0.1) is 0 Å². The number of urea groups is 1. The van der Waals surface area contributed by atoms with Gasteiger partial charge in [-0.3, -0.25) is 19.8 Å². The van der Waals surface area contributed by atoms with E-state index in [0.717, 1.165) is 30.6 Å². The molecule has 138 valence electrons. The van der Waals surface area contributed by atoms with Crippen LogP contribution in [0.25, 0.3) is 11.8 Å². The SMILES string of the molecule is O=C1NC(=O)N(C2CCCC2)C(=O)/C1=C/c1cccn1-c1ccccc1F. The molecule has 1 N–H and O–H groups in total. The highest BCUT2D eigenvalue weighted by Crippen LogP contribution is 2.27. The number of aromatic nitrogens is 1. The first-order chi connectivity index (χ1) is 13.1. The predicted octanol–water partition coefficient (Wildman–Crippen LogP) is 3.02. The fraction of sp³-hybridized carbons (Fsp3) is 0.250. The minimum atomic E-state index is -0.736. The Kier molecular flexibility index (Phi) is 4.35. The number of carbonyl (C=O) groups is 3. The molecule has 2 aromatic rings. The van der Waals surface area contributed by atoms with Gasteiger partial charge < -0.3 is 4.57 Å². The maximum absolute atomic E-state index is 14.1. The molecule has 7 heteroatoms. The van der Waals surface area contributed by atoms with Crippen LogP contribution in [0.4, 0.5) is 9.18 Å². The Bertz CT molecular complexity index is 957. The fourth-order valence-corrected chi connectivity index (χ4v) is 3.69. The Balaban J connectivity index is 1.72. The van der Waals surface area contributed by atoms with Gasteiger partial charge in [0.25, 0.3) is 11.8 Å². The zero-order chi connectivity index (χ0) is 19.0. The van der Waals surface area contributed by atoms with Crippen LogP contribution in [0.15, 0.2) is 48.2 Å². The number of hydrogen-bond donors (Lipinski definition) is 1. The number of amides is 4. The van der Waals surface area contributed by atoms with E-state index in [-0.39, 0.29) is 11.6 Å². The van der Waals surface area contributed by atoms with Crippen molar-refractivity contribution in [3.8, 4) is 5.69 Å². The summed E-state index contributed by atoms with van der Waals surface area (Å²) in [6.45, 7) is 0. The van der Waals surface area contributed by atoms with Gasteiger partial charge in [-0.1, -0.05) is 25.0 Å². The molecule has 0 unspecified atom stereocenters. The summed E-state index contributed by atoms with van der Waals surface area (Å²) >= 11 is 0. The summed E-state index contributed by atoms with van der Waals surface area (Å²) in [5, 5.41) is 2.25. The smallest absolute Gasteiger partial charge is 0.314 e. The first kappa shape index (κ1) is 17.2. The second kappa shape index (κ2) is 6.83. The third-order valence-electron chi connectivity index (χ3n) is 5.01. The van der Waals surface area contributed by atoms with E-state index in [2.05, 4.69) is 5.32 Å². The fourth-order valence-electron chi connectivity index (χ4n) is 3.69. The second-order valence-electron chi connectivity index (χ2n) is 6.69. The van der Waals surface area contributed by atoms with E-state index < -0.39 is 23.7 Å². The molecular weight excluding hydrogens is 349 g/mol. The van der Waals surface area contributed by atoms with Crippen molar-refractivity contribution in [1.29, 1.82) is 0 Å². The number of imide groups is 2. The molecule has 1 aromatic heterocycles. The first-order valence-electron chi connectivity index (χ1n) is 8.89. The Morgan fingerprint density at radius 2 is 1.78 bits per heavy atom. The molecule has 1 saturated heterocycles. The standard InChI is InChI=1S/C20H18FN3O3/c21-16-9-3-4-10-17(16)23-11-5-8-14(23)12-15-18(25)22-20(27)24(19(15)26)13-6-1-2-7-13/h3-5,8-13H,1-2,6-7H2,(H,22,25,27)/b15-12+. The number of nitrogens with zero attached hydrogens (tertiary/aromatic N) is 2. The Hall–Kier alpha value is -3.22. The Morgan fingerprint density at radius 1 is 1.04 bits per heavy atom. The van der Waals surface area contributed by atoms with E-state index >= 15 is 0 Å². The highest BCUT2D eigenvalue weighted by Gasteiger charge is 2.40. The van der Waals surface area contributed by atoms with Crippen molar-refractivity contribution >= 4 is 23.9 Å². The van der Waals surface area contributed by atoms with Gasteiger partial charge >= 0.3 is 6.03 Å². The number of para-hydroxylation sites is 1. The van der Waals surface area contributed by atoms with Gasteiger partial charge in [0.2, 0.25) is 0 Å². The third-order valence-corrected chi connectivity index (χ3v) is 5.01. The summed E-state index contributed by atoms with van der Waals surface area (Å²) in [5.41, 5.74) is 0.652. The number of benzene rings is 1. The molecular formula is C20H18FN3O3. The zero-order valence-electron chi connectivity index (χ0n) is 14.5. The molecule has 2 heterocycles. The van der Waals surface area contributed by atoms with Crippen LogP contribution in [0.1, 0.15) is 31.4 Å². The summed E-state index contributed by atoms with van der Waals surface area (Å²) < 4.78 is 15.7. The lowest BCUT2D eigenvalue weighted by Crippen LogP contribution is -2.57. The molecule has 0 atom stereocenters. The summed E-state index contributed by atoms with van der Waals surface area (Å²) in [5.74, 6) is -1.76. The summed E-state index contributed by atoms with van der Waals surface area (Å²) in [6.07, 6.45) is 6.43. The molecule has 2 aliphatic rings. The maximum atomic E-state index is 14.1. The Morgan fingerprint density at radius 3 is 2.52 bits per heavy atom. The van der Waals surface area contributed by atoms with Crippen molar-refractivity contribution < 1.29 is 18.8 Å². The monoisotopic (exact) mass is 367 g/mol. The summed E-state index contributed by atoms with van der Waals surface area (Å²) in [4.78, 5) is 38.5. The van der Waals surface area contributed by atoms with Gasteiger partial charge in [0.15, 0.2) is 0 Å². The van der Waals surface area contributed by atoms with Crippen molar-refractivity contribution in [3.05, 3.63) is 59.7 Å². The van der Waals surface area contributed by atoms with E-state index in [9.17, 15) is 18.8 Å². The van der Waals surface area contributed by atoms with E-state index in [0.29, 0.717) is 11.4 Å². The molecule has 0 spiro atoms. The van der Waals surface area contributed by atoms with Gasteiger partial charge in [0.1, 0.15) is 11.4 Å². The van der Waals surface area contributed by atoms with E-state index in [4.69, 9.17) is 0 Å². The second-order valence-corrected chi connectivity index (χ2v) is 6.69. The van der Waals surface area contributed by atoms with Gasteiger partial charge in [0.05, 0.1) is 5.69 Å². The average Bonchev–Trinajstić information content (AvgIpc) is 3.31. The molecule has 1 aliphatic carbocycles. The van der Waals surface area contributed by atoms with Crippen LogP contribution in [-0.4, -0.2) is 33.4 Å². The molecule has 1 aliphatic heterocycles. The first-order valence-corrected chi connectivity index (χ1v) is 8.89. The predicted molar refractivity (Wildman–Crippen MR) is 96.3 cm³/mol. The lowest BCUT2D eigenvalue weighted by Gasteiger charge is -2.31. The van der Waals surface area contributed by atoms with Crippen LogP contribution in [0.3, 0.4) is 0 Å². The van der Waals surface area contributed by atoms with Crippen molar-refractivity contribution in [2.24, 2.45) is 0 Å². The molecule has 27 heavy (non-hydrogen) atoms. The zero-order valence-corrected chi connectivity index (χ0v) is 14.5. The van der Waals surface area contributed by atoms with Crippen LogP contribution < -0.4 is 5.32 Å². The van der Waals surface area contributed by atoms with E-state index in [1.54, 1.807) is 41.1 Å². The van der Waals surface area contributed by atoms with Crippen LogP contribution in [0, 0.1) is 5.82 Å². The number of hydrogen-bond acceptors (Lipinski definition) is 3. The van der Waals surface area contributed by atoms with Gasteiger partial charge in [-0.2, -0.15) is 0 Å². The van der Waals surface area contributed by atoms with Crippen LogP contribution in [0.2, 0.25) is 0 Å². The molecule has 0 bridgehead atoms. The number of rotatable bonds is 3. The van der Waals surface area contributed by atoms with Crippen molar-refractivity contribution in [2.45, 2.75) is 31.7 Å². The molecule has 6 nitrogen and oxygen atoms in total. The number of nitrogens with one attached hydrogen (secondary N) is 1.